The molecule has 1 aliphatic rings. The second kappa shape index (κ2) is 5.57. The lowest BCUT2D eigenvalue weighted by atomic mass is 9.78. The maximum Gasteiger partial charge on any atom is 0.457 e. The predicted octanol–water partition coefficient (Wildman–Crippen LogP) is 0.767. The fourth-order valence-electron chi connectivity index (χ4n) is 1.22. The van der Waals surface area contributed by atoms with Gasteiger partial charge in [0.2, 0.25) is 0 Å². The van der Waals surface area contributed by atoms with Crippen LogP contribution in [0.5, 0.6) is 0 Å². The second-order valence-corrected chi connectivity index (χ2v) is 3.55. The molecule has 0 aromatic carbocycles. The van der Waals surface area contributed by atoms with Crippen molar-refractivity contribution in [2.24, 2.45) is 5.92 Å². The van der Waals surface area contributed by atoms with Crippen molar-refractivity contribution in [1.82, 2.24) is 5.32 Å². The highest BCUT2D eigenvalue weighted by atomic mass is 16.6. The Balaban J connectivity index is 2.20. The maximum absolute atomic E-state index is 5.51. The van der Waals surface area contributed by atoms with E-state index in [0.717, 1.165) is 32.6 Å². The third kappa shape index (κ3) is 4.09. The second-order valence-electron chi connectivity index (χ2n) is 3.55. The third-order valence-electron chi connectivity index (χ3n) is 1.83. The number of rotatable bonds is 2. The summed E-state index contributed by atoms with van der Waals surface area (Å²) in [5, 5.41) is 3.21. The lowest BCUT2D eigenvalue weighted by molar-refractivity contribution is 0.174. The van der Waals surface area contributed by atoms with Crippen molar-refractivity contribution < 1.29 is 9.31 Å². The van der Waals surface area contributed by atoms with Gasteiger partial charge in [-0.1, -0.05) is 13.8 Å². The summed E-state index contributed by atoms with van der Waals surface area (Å²) in [6.45, 7) is 7.78. The van der Waals surface area contributed by atoms with Crippen LogP contribution in [0.2, 0.25) is 6.32 Å². The molecule has 1 heterocycles. The molecule has 0 amide bonds. The van der Waals surface area contributed by atoms with Crippen molar-refractivity contribution >= 4 is 7.12 Å². The molecule has 70 valence electrons. The van der Waals surface area contributed by atoms with Gasteiger partial charge in [-0.05, 0) is 12.2 Å². The van der Waals surface area contributed by atoms with Gasteiger partial charge < -0.3 is 14.6 Å². The van der Waals surface area contributed by atoms with E-state index in [0.29, 0.717) is 5.92 Å². The molecule has 12 heavy (non-hydrogen) atoms. The van der Waals surface area contributed by atoms with Crippen LogP contribution in [0.25, 0.3) is 0 Å². The van der Waals surface area contributed by atoms with E-state index in [1.54, 1.807) is 0 Å². The van der Waals surface area contributed by atoms with Gasteiger partial charge in [-0.3, -0.25) is 0 Å². The highest BCUT2D eigenvalue weighted by molar-refractivity contribution is 6.44. The molecular formula is C8H18BNO2. The molecule has 1 fully saturated rings. The normalized spacial score (nSPS) is 20.8. The van der Waals surface area contributed by atoms with E-state index < -0.39 is 0 Å². The molecule has 1 rings (SSSR count). The largest absolute Gasteiger partial charge is 0.457 e. The minimum absolute atomic E-state index is 0.0205. The van der Waals surface area contributed by atoms with Gasteiger partial charge in [0.15, 0.2) is 0 Å². The van der Waals surface area contributed by atoms with Crippen LogP contribution in [0.1, 0.15) is 13.8 Å². The Morgan fingerprint density at radius 1 is 1.25 bits per heavy atom. The molecular weight excluding hydrogens is 153 g/mol. The van der Waals surface area contributed by atoms with Crippen LogP contribution in [-0.2, 0) is 9.31 Å². The molecule has 0 aliphatic carbocycles. The van der Waals surface area contributed by atoms with Crippen molar-refractivity contribution in [3.8, 4) is 0 Å². The van der Waals surface area contributed by atoms with Gasteiger partial charge in [0.1, 0.15) is 0 Å². The summed E-state index contributed by atoms with van der Waals surface area (Å²) in [7, 11) is 0.0205. The molecule has 0 aromatic heterocycles. The van der Waals surface area contributed by atoms with Gasteiger partial charge in [0.25, 0.3) is 0 Å². The maximum atomic E-state index is 5.51. The van der Waals surface area contributed by atoms with E-state index in [4.69, 9.17) is 9.31 Å². The Hall–Kier alpha value is -0.0551. The summed E-state index contributed by atoms with van der Waals surface area (Å²) in [5.41, 5.74) is 0. The first-order valence-corrected chi connectivity index (χ1v) is 4.73. The van der Waals surface area contributed by atoms with E-state index in [1.807, 2.05) is 0 Å². The Morgan fingerprint density at radius 2 is 1.83 bits per heavy atom. The predicted molar refractivity (Wildman–Crippen MR) is 50.2 cm³/mol. The Labute approximate surface area is 75.0 Å². The molecule has 0 saturated carbocycles. The van der Waals surface area contributed by atoms with E-state index in [-0.39, 0.29) is 7.12 Å². The molecule has 1 N–H and O–H groups in total. The van der Waals surface area contributed by atoms with E-state index in [9.17, 15) is 0 Å². The first-order valence-electron chi connectivity index (χ1n) is 4.73. The van der Waals surface area contributed by atoms with Gasteiger partial charge in [-0.2, -0.15) is 0 Å². The van der Waals surface area contributed by atoms with Crippen LogP contribution in [0.3, 0.4) is 0 Å². The summed E-state index contributed by atoms with van der Waals surface area (Å²) in [5.74, 6) is 0.641. The summed E-state index contributed by atoms with van der Waals surface area (Å²) >= 11 is 0. The standard InChI is InChI=1S/C8H18BNO2/c1-8(2)7-9-11-5-3-10-4-6-12-9/h8,10H,3-7H2,1-2H3. The van der Waals surface area contributed by atoms with Crippen LogP contribution in [-0.4, -0.2) is 33.4 Å². The molecule has 0 bridgehead atoms. The fourth-order valence-corrected chi connectivity index (χ4v) is 1.22. The van der Waals surface area contributed by atoms with Crippen molar-refractivity contribution in [1.29, 1.82) is 0 Å². The molecule has 3 nitrogen and oxygen atoms in total. The van der Waals surface area contributed by atoms with E-state index in [2.05, 4.69) is 19.2 Å². The average molecular weight is 171 g/mol. The van der Waals surface area contributed by atoms with Crippen LogP contribution >= 0.6 is 0 Å². The number of hydrogen-bond donors (Lipinski definition) is 1. The molecule has 0 aromatic rings. The smallest absolute Gasteiger partial charge is 0.410 e. The summed E-state index contributed by atoms with van der Waals surface area (Å²) in [6, 6.07) is 0. The quantitative estimate of drug-likeness (QED) is 0.622. The van der Waals surface area contributed by atoms with Gasteiger partial charge in [0, 0.05) is 26.3 Å². The molecule has 0 radical (unpaired) electrons. The van der Waals surface area contributed by atoms with E-state index in [1.165, 1.54) is 0 Å². The van der Waals surface area contributed by atoms with E-state index >= 15 is 0 Å². The highest BCUT2D eigenvalue weighted by Gasteiger charge is 2.20. The fraction of sp³-hybridized carbons (Fsp3) is 1.00. The monoisotopic (exact) mass is 171 g/mol. The summed E-state index contributed by atoms with van der Waals surface area (Å²) in [6.07, 6.45) is 1.00. The Kier molecular flexibility index (Phi) is 4.65. The van der Waals surface area contributed by atoms with Gasteiger partial charge in [-0.25, -0.2) is 0 Å². The molecule has 4 heteroatoms. The highest BCUT2D eigenvalue weighted by Crippen LogP contribution is 2.07. The zero-order valence-corrected chi connectivity index (χ0v) is 8.01. The molecule has 0 atom stereocenters. The zero-order chi connectivity index (χ0) is 8.81. The van der Waals surface area contributed by atoms with Crippen LogP contribution in [0.4, 0.5) is 0 Å². The zero-order valence-electron chi connectivity index (χ0n) is 8.01. The minimum atomic E-state index is 0.0205. The van der Waals surface area contributed by atoms with Gasteiger partial charge in [-0.15, -0.1) is 0 Å². The third-order valence-corrected chi connectivity index (χ3v) is 1.83. The lowest BCUT2D eigenvalue weighted by Crippen LogP contribution is -2.36. The first kappa shape index (κ1) is 10.0. The molecule has 1 aliphatic heterocycles. The Morgan fingerprint density at radius 3 is 2.33 bits per heavy atom. The van der Waals surface area contributed by atoms with Crippen LogP contribution in [0.15, 0.2) is 0 Å². The van der Waals surface area contributed by atoms with Crippen LogP contribution < -0.4 is 5.32 Å². The molecule has 0 unspecified atom stereocenters. The number of nitrogens with one attached hydrogen (secondary N) is 1. The topological polar surface area (TPSA) is 30.5 Å². The van der Waals surface area contributed by atoms with Gasteiger partial charge >= 0.3 is 7.12 Å². The van der Waals surface area contributed by atoms with Crippen LogP contribution in [0, 0.1) is 5.92 Å². The SMILES string of the molecule is CC(C)CB1OCCNCCO1. The van der Waals surface area contributed by atoms with Crippen molar-refractivity contribution in [2.45, 2.75) is 20.2 Å². The minimum Gasteiger partial charge on any atom is -0.410 e. The average Bonchev–Trinajstić information content (AvgIpc) is 1.93. The lowest BCUT2D eigenvalue weighted by Gasteiger charge is -2.19. The van der Waals surface area contributed by atoms with Crippen molar-refractivity contribution in [2.75, 3.05) is 26.3 Å². The van der Waals surface area contributed by atoms with Crippen molar-refractivity contribution in [3.63, 3.8) is 0 Å². The molecule has 0 spiro atoms. The summed E-state index contributed by atoms with van der Waals surface area (Å²) in [4.78, 5) is 0. The first-order chi connectivity index (χ1) is 5.79. The summed E-state index contributed by atoms with van der Waals surface area (Å²) < 4.78 is 11.0. The number of hydrogen-bond acceptors (Lipinski definition) is 3. The molecule has 1 saturated heterocycles. The Bertz CT molecular complexity index is 114. The van der Waals surface area contributed by atoms with Gasteiger partial charge in [0.05, 0.1) is 0 Å². The van der Waals surface area contributed by atoms with Crippen molar-refractivity contribution in [3.05, 3.63) is 0 Å².